The first-order valence-corrected chi connectivity index (χ1v) is 7.84. The highest BCUT2D eigenvalue weighted by Crippen LogP contribution is 2.17. The number of rotatable bonds is 5. The molecule has 23 heavy (non-hydrogen) atoms. The molecular weight excluding hydrogens is 308 g/mol. The number of hydrogen-bond donors (Lipinski definition) is 2. The fourth-order valence-electron chi connectivity index (χ4n) is 2.76. The molecule has 1 aliphatic heterocycles. The lowest BCUT2D eigenvalue weighted by molar-refractivity contribution is -0.121. The van der Waals surface area contributed by atoms with Gasteiger partial charge in [0, 0.05) is 26.1 Å². The van der Waals surface area contributed by atoms with Crippen LogP contribution in [0.25, 0.3) is 0 Å². The molecule has 0 radical (unpaired) electrons. The summed E-state index contributed by atoms with van der Waals surface area (Å²) in [5.41, 5.74) is 6.36. The van der Waals surface area contributed by atoms with E-state index in [0.717, 1.165) is 19.5 Å². The predicted octanol–water partition coefficient (Wildman–Crippen LogP) is 3.27. The standard InChI is InChI=1S/C19H22N2O.ClH/c1-14-2-4-15(5-3-14)7-9-19(22)21-11-16-6-8-17-12-20-13-18(17)10-16;/h2-6,8,10,20H,7,9,11-13H2,1H3,(H,21,22);1H. The van der Waals surface area contributed by atoms with Crippen molar-refractivity contribution in [1.29, 1.82) is 0 Å². The fourth-order valence-corrected chi connectivity index (χ4v) is 2.76. The van der Waals surface area contributed by atoms with Crippen LogP contribution in [-0.4, -0.2) is 5.91 Å². The molecule has 4 heteroatoms. The molecule has 3 rings (SSSR count). The number of carbonyl (C=O) groups is 1. The van der Waals surface area contributed by atoms with Gasteiger partial charge in [-0.15, -0.1) is 12.4 Å². The molecule has 0 unspecified atom stereocenters. The Hall–Kier alpha value is -1.84. The third-order valence-electron chi connectivity index (χ3n) is 4.15. The Morgan fingerprint density at radius 3 is 2.52 bits per heavy atom. The van der Waals surface area contributed by atoms with Gasteiger partial charge in [-0.25, -0.2) is 0 Å². The minimum Gasteiger partial charge on any atom is -0.352 e. The Morgan fingerprint density at radius 2 is 1.74 bits per heavy atom. The maximum atomic E-state index is 12.0. The molecule has 0 saturated heterocycles. The Balaban J connectivity index is 0.00000192. The maximum absolute atomic E-state index is 12.0. The highest BCUT2D eigenvalue weighted by molar-refractivity contribution is 5.85. The topological polar surface area (TPSA) is 41.1 Å². The van der Waals surface area contributed by atoms with Gasteiger partial charge in [-0.1, -0.05) is 48.0 Å². The van der Waals surface area contributed by atoms with E-state index in [1.165, 1.54) is 27.8 Å². The normalized spacial score (nSPS) is 12.4. The third kappa shape index (κ3) is 4.81. The van der Waals surface area contributed by atoms with Crippen LogP contribution < -0.4 is 10.6 Å². The van der Waals surface area contributed by atoms with Crippen molar-refractivity contribution in [2.75, 3.05) is 0 Å². The molecule has 2 aromatic rings. The van der Waals surface area contributed by atoms with Crippen molar-refractivity contribution in [3.63, 3.8) is 0 Å². The Labute approximate surface area is 143 Å². The monoisotopic (exact) mass is 330 g/mol. The summed E-state index contributed by atoms with van der Waals surface area (Å²) in [4.78, 5) is 12.0. The number of nitrogens with one attached hydrogen (secondary N) is 2. The SMILES string of the molecule is Cc1ccc(CCC(=O)NCc2ccc3c(c2)CNC3)cc1.Cl. The predicted molar refractivity (Wildman–Crippen MR) is 95.6 cm³/mol. The molecule has 1 aliphatic rings. The van der Waals surface area contributed by atoms with Crippen LogP contribution in [0.4, 0.5) is 0 Å². The summed E-state index contributed by atoms with van der Waals surface area (Å²) < 4.78 is 0. The summed E-state index contributed by atoms with van der Waals surface area (Å²) in [7, 11) is 0. The average Bonchev–Trinajstić information content (AvgIpc) is 3.00. The minimum absolute atomic E-state index is 0. The van der Waals surface area contributed by atoms with Gasteiger partial charge in [0.1, 0.15) is 0 Å². The molecule has 0 atom stereocenters. The first-order valence-electron chi connectivity index (χ1n) is 7.84. The molecule has 1 amide bonds. The lowest BCUT2D eigenvalue weighted by Gasteiger charge is -2.07. The number of benzene rings is 2. The summed E-state index contributed by atoms with van der Waals surface area (Å²) in [5, 5.41) is 6.35. The number of fused-ring (bicyclic) bond motifs is 1. The van der Waals surface area contributed by atoms with E-state index in [0.29, 0.717) is 13.0 Å². The second kappa shape index (κ2) is 8.14. The Morgan fingerprint density at radius 1 is 1.04 bits per heavy atom. The van der Waals surface area contributed by atoms with Crippen LogP contribution >= 0.6 is 12.4 Å². The fraction of sp³-hybridized carbons (Fsp3) is 0.316. The number of hydrogen-bond acceptors (Lipinski definition) is 2. The molecule has 122 valence electrons. The van der Waals surface area contributed by atoms with Crippen LogP contribution in [0.5, 0.6) is 0 Å². The van der Waals surface area contributed by atoms with E-state index in [-0.39, 0.29) is 18.3 Å². The van der Waals surface area contributed by atoms with Gasteiger partial charge in [-0.2, -0.15) is 0 Å². The largest absolute Gasteiger partial charge is 0.352 e. The zero-order chi connectivity index (χ0) is 15.4. The van der Waals surface area contributed by atoms with Crippen molar-refractivity contribution in [3.8, 4) is 0 Å². The van der Waals surface area contributed by atoms with Crippen LogP contribution in [0, 0.1) is 6.92 Å². The molecule has 0 aromatic heterocycles. The second-order valence-corrected chi connectivity index (χ2v) is 5.97. The van der Waals surface area contributed by atoms with Crippen LogP contribution in [0.15, 0.2) is 42.5 Å². The average molecular weight is 331 g/mol. The number of aryl methyl sites for hydroxylation is 2. The molecular formula is C19H23ClN2O. The van der Waals surface area contributed by atoms with Gasteiger partial charge in [-0.3, -0.25) is 4.79 Å². The van der Waals surface area contributed by atoms with E-state index in [1.54, 1.807) is 0 Å². The molecule has 0 fully saturated rings. The van der Waals surface area contributed by atoms with Crippen molar-refractivity contribution in [3.05, 3.63) is 70.3 Å². The van der Waals surface area contributed by atoms with Gasteiger partial charge in [-0.05, 0) is 35.6 Å². The van der Waals surface area contributed by atoms with Gasteiger partial charge in [0.05, 0.1) is 0 Å². The molecule has 0 saturated carbocycles. The first-order chi connectivity index (χ1) is 10.7. The Kier molecular flexibility index (Phi) is 6.20. The van der Waals surface area contributed by atoms with Crippen molar-refractivity contribution in [2.45, 2.75) is 39.4 Å². The number of amides is 1. The van der Waals surface area contributed by atoms with Gasteiger partial charge in [0.15, 0.2) is 0 Å². The van der Waals surface area contributed by atoms with Crippen LogP contribution in [0.2, 0.25) is 0 Å². The summed E-state index contributed by atoms with van der Waals surface area (Å²) in [6.45, 7) is 4.58. The lowest BCUT2D eigenvalue weighted by atomic mass is 10.1. The smallest absolute Gasteiger partial charge is 0.220 e. The minimum atomic E-state index is 0. The van der Waals surface area contributed by atoms with Gasteiger partial charge in [0.2, 0.25) is 5.91 Å². The van der Waals surface area contributed by atoms with E-state index in [2.05, 4.69) is 60.0 Å². The van der Waals surface area contributed by atoms with Crippen LogP contribution in [0.3, 0.4) is 0 Å². The summed E-state index contributed by atoms with van der Waals surface area (Å²) in [6, 6.07) is 14.8. The van der Waals surface area contributed by atoms with E-state index in [4.69, 9.17) is 0 Å². The van der Waals surface area contributed by atoms with Crippen molar-refractivity contribution in [1.82, 2.24) is 10.6 Å². The van der Waals surface area contributed by atoms with Crippen molar-refractivity contribution < 1.29 is 4.79 Å². The molecule has 0 spiro atoms. The van der Waals surface area contributed by atoms with E-state index in [9.17, 15) is 4.79 Å². The first kappa shape index (κ1) is 17.5. The van der Waals surface area contributed by atoms with Crippen molar-refractivity contribution in [2.24, 2.45) is 0 Å². The van der Waals surface area contributed by atoms with Gasteiger partial charge >= 0.3 is 0 Å². The second-order valence-electron chi connectivity index (χ2n) is 5.97. The van der Waals surface area contributed by atoms with E-state index < -0.39 is 0 Å². The zero-order valence-corrected chi connectivity index (χ0v) is 14.2. The number of carbonyl (C=O) groups excluding carboxylic acids is 1. The van der Waals surface area contributed by atoms with Gasteiger partial charge in [0.25, 0.3) is 0 Å². The number of halogens is 1. The van der Waals surface area contributed by atoms with Crippen molar-refractivity contribution >= 4 is 18.3 Å². The molecule has 2 aromatic carbocycles. The molecule has 1 heterocycles. The van der Waals surface area contributed by atoms with E-state index in [1.807, 2.05) is 0 Å². The lowest BCUT2D eigenvalue weighted by Crippen LogP contribution is -2.23. The molecule has 3 nitrogen and oxygen atoms in total. The third-order valence-corrected chi connectivity index (χ3v) is 4.15. The molecule has 0 aliphatic carbocycles. The van der Waals surface area contributed by atoms with Crippen LogP contribution in [-0.2, 0) is 30.8 Å². The van der Waals surface area contributed by atoms with Gasteiger partial charge < -0.3 is 10.6 Å². The summed E-state index contributed by atoms with van der Waals surface area (Å²) in [5.74, 6) is 0.110. The highest BCUT2D eigenvalue weighted by Gasteiger charge is 2.10. The maximum Gasteiger partial charge on any atom is 0.220 e. The quantitative estimate of drug-likeness (QED) is 0.883. The zero-order valence-electron chi connectivity index (χ0n) is 13.4. The molecule has 2 N–H and O–H groups in total. The highest BCUT2D eigenvalue weighted by atomic mass is 35.5. The van der Waals surface area contributed by atoms with E-state index >= 15 is 0 Å². The molecule has 0 bridgehead atoms. The van der Waals surface area contributed by atoms with Crippen LogP contribution in [0.1, 0.15) is 34.2 Å². The summed E-state index contributed by atoms with van der Waals surface area (Å²) in [6.07, 6.45) is 1.33. The summed E-state index contributed by atoms with van der Waals surface area (Å²) >= 11 is 0. The Bertz CT molecular complexity index is 668.